The van der Waals surface area contributed by atoms with Crippen LogP contribution in [0.25, 0.3) is 33.4 Å². The summed E-state index contributed by atoms with van der Waals surface area (Å²) in [6, 6.07) is 7.43. The van der Waals surface area contributed by atoms with Gasteiger partial charge in [-0.1, -0.05) is 23.7 Å². The number of aryl methyl sites for hydroxylation is 2. The Morgan fingerprint density at radius 3 is 2.69 bits per heavy atom. The van der Waals surface area contributed by atoms with Crippen LogP contribution in [-0.2, 0) is 6.54 Å². The Bertz CT molecular complexity index is 1450. The van der Waals surface area contributed by atoms with E-state index in [0.29, 0.717) is 34.3 Å². The summed E-state index contributed by atoms with van der Waals surface area (Å²) in [5.41, 5.74) is 4.09. The van der Waals surface area contributed by atoms with Crippen LogP contribution in [0.4, 0.5) is 5.95 Å². The number of nitrogens with zero attached hydrogens (tertiary/aromatic N) is 5. The molecule has 9 heteroatoms. The zero-order valence-corrected chi connectivity index (χ0v) is 21.3. The zero-order valence-electron chi connectivity index (χ0n) is 20.6. The average molecular weight is 504 g/mol. The largest absolute Gasteiger partial charge is 0.354 e. The second-order valence-corrected chi connectivity index (χ2v) is 9.64. The van der Waals surface area contributed by atoms with Gasteiger partial charge in [-0.3, -0.25) is 14.3 Å². The van der Waals surface area contributed by atoms with Gasteiger partial charge in [-0.15, -0.1) is 0 Å². The van der Waals surface area contributed by atoms with Gasteiger partial charge in [0.25, 0.3) is 5.56 Å². The molecule has 4 aromatic rings. The molecule has 0 saturated carbocycles. The first-order chi connectivity index (χ1) is 17.5. The van der Waals surface area contributed by atoms with E-state index < -0.39 is 0 Å². The molecule has 0 unspecified atom stereocenters. The van der Waals surface area contributed by atoms with Crippen molar-refractivity contribution in [2.45, 2.75) is 39.7 Å². The van der Waals surface area contributed by atoms with Crippen LogP contribution in [0.3, 0.4) is 0 Å². The maximum atomic E-state index is 13.5. The summed E-state index contributed by atoms with van der Waals surface area (Å²) in [5.74, 6) is 1.28. The Morgan fingerprint density at radius 1 is 1.11 bits per heavy atom. The van der Waals surface area contributed by atoms with Gasteiger partial charge in [0.1, 0.15) is 5.65 Å². The zero-order chi connectivity index (χ0) is 25.1. The third kappa shape index (κ3) is 5.10. The van der Waals surface area contributed by atoms with E-state index >= 15 is 0 Å². The standard InChI is InChI=1S/C27H30ClN7O/c1-3-35-25-20(15-32-27(34-25)31-11-8-18-6-9-29-10-7-18)12-22(26(35)36)21-5-4-19(13-23(21)28)24-16-30-14-17(2)33-24/h4-5,12-16,18,29H,3,6-11H2,1-2H3,(H,31,32,34). The van der Waals surface area contributed by atoms with E-state index in [1.807, 2.05) is 38.1 Å². The van der Waals surface area contributed by atoms with Crippen LogP contribution in [0.2, 0.25) is 5.02 Å². The van der Waals surface area contributed by atoms with Crippen molar-refractivity contribution in [3.63, 3.8) is 0 Å². The first-order valence-corrected chi connectivity index (χ1v) is 12.9. The van der Waals surface area contributed by atoms with Crippen LogP contribution < -0.4 is 16.2 Å². The molecule has 2 N–H and O–H groups in total. The summed E-state index contributed by atoms with van der Waals surface area (Å²) < 4.78 is 1.68. The Kier molecular flexibility index (Phi) is 7.25. The lowest BCUT2D eigenvalue weighted by Crippen LogP contribution is -2.28. The molecule has 0 radical (unpaired) electrons. The molecule has 0 bridgehead atoms. The Morgan fingerprint density at radius 2 is 1.94 bits per heavy atom. The molecule has 36 heavy (non-hydrogen) atoms. The molecule has 186 valence electrons. The Balaban J connectivity index is 1.44. The molecule has 5 rings (SSSR count). The van der Waals surface area contributed by atoms with E-state index in [1.54, 1.807) is 23.2 Å². The normalized spacial score (nSPS) is 14.3. The molecule has 1 aliphatic rings. The number of hydrogen-bond acceptors (Lipinski definition) is 7. The molecule has 0 spiro atoms. The average Bonchev–Trinajstić information content (AvgIpc) is 2.89. The summed E-state index contributed by atoms with van der Waals surface area (Å²) in [6.07, 6.45) is 8.69. The van der Waals surface area contributed by atoms with Crippen molar-refractivity contribution >= 4 is 28.6 Å². The van der Waals surface area contributed by atoms with Gasteiger partial charge in [0.2, 0.25) is 5.95 Å². The van der Waals surface area contributed by atoms with Crippen LogP contribution in [0.5, 0.6) is 0 Å². The number of benzene rings is 1. The SMILES string of the molecule is CCn1c(=O)c(-c2ccc(-c3cncc(C)n3)cc2Cl)cc2cnc(NCCC3CCNCC3)nc21. The van der Waals surface area contributed by atoms with Crippen molar-refractivity contribution in [3.05, 3.63) is 63.9 Å². The number of fused-ring (bicyclic) bond motifs is 1. The Hall–Kier alpha value is -3.36. The highest BCUT2D eigenvalue weighted by atomic mass is 35.5. The number of anilines is 1. The van der Waals surface area contributed by atoms with Crippen LogP contribution in [0, 0.1) is 12.8 Å². The van der Waals surface area contributed by atoms with Crippen LogP contribution in [0.1, 0.15) is 31.9 Å². The minimum absolute atomic E-state index is 0.130. The van der Waals surface area contributed by atoms with Gasteiger partial charge in [0.15, 0.2) is 0 Å². The van der Waals surface area contributed by atoms with E-state index in [9.17, 15) is 4.79 Å². The topological polar surface area (TPSA) is 97.6 Å². The predicted molar refractivity (Wildman–Crippen MR) is 144 cm³/mol. The fourth-order valence-electron chi connectivity index (χ4n) is 4.78. The third-order valence-electron chi connectivity index (χ3n) is 6.75. The molecule has 3 aromatic heterocycles. The first kappa shape index (κ1) is 24.3. The van der Waals surface area contributed by atoms with Gasteiger partial charge in [-0.05, 0) is 64.3 Å². The molecule has 0 aliphatic carbocycles. The third-order valence-corrected chi connectivity index (χ3v) is 7.06. The second-order valence-electron chi connectivity index (χ2n) is 9.23. The molecule has 1 fully saturated rings. The lowest BCUT2D eigenvalue weighted by Gasteiger charge is -2.22. The van der Waals surface area contributed by atoms with Gasteiger partial charge in [-0.2, -0.15) is 4.98 Å². The molecule has 0 amide bonds. The van der Waals surface area contributed by atoms with Gasteiger partial charge in [-0.25, -0.2) is 9.97 Å². The van der Waals surface area contributed by atoms with Crippen LogP contribution >= 0.6 is 11.6 Å². The minimum atomic E-state index is -0.130. The lowest BCUT2D eigenvalue weighted by molar-refractivity contribution is 0.361. The predicted octanol–water partition coefficient (Wildman–Crippen LogP) is 4.70. The van der Waals surface area contributed by atoms with Crippen molar-refractivity contribution in [1.82, 2.24) is 29.8 Å². The van der Waals surface area contributed by atoms with E-state index in [0.717, 1.165) is 54.3 Å². The number of hydrogen-bond donors (Lipinski definition) is 2. The summed E-state index contributed by atoms with van der Waals surface area (Å²) in [4.78, 5) is 31.4. The first-order valence-electron chi connectivity index (χ1n) is 12.5. The maximum absolute atomic E-state index is 13.5. The molecule has 1 aromatic carbocycles. The summed E-state index contributed by atoms with van der Waals surface area (Å²) in [6.45, 7) is 7.33. The van der Waals surface area contributed by atoms with Crippen LogP contribution in [0.15, 0.2) is 47.7 Å². The van der Waals surface area contributed by atoms with E-state index in [-0.39, 0.29) is 5.56 Å². The van der Waals surface area contributed by atoms with E-state index in [2.05, 4.69) is 30.6 Å². The van der Waals surface area contributed by atoms with Gasteiger partial charge < -0.3 is 10.6 Å². The maximum Gasteiger partial charge on any atom is 0.260 e. The van der Waals surface area contributed by atoms with Gasteiger partial charge in [0, 0.05) is 52.6 Å². The summed E-state index contributed by atoms with van der Waals surface area (Å²) in [7, 11) is 0. The molecule has 1 saturated heterocycles. The van der Waals surface area contributed by atoms with Crippen molar-refractivity contribution in [3.8, 4) is 22.4 Å². The molecular formula is C27H30ClN7O. The number of piperidine rings is 1. The molecule has 0 atom stereocenters. The fourth-order valence-corrected chi connectivity index (χ4v) is 5.07. The quantitative estimate of drug-likeness (QED) is 0.377. The van der Waals surface area contributed by atoms with Crippen molar-refractivity contribution < 1.29 is 0 Å². The smallest absolute Gasteiger partial charge is 0.260 e. The van der Waals surface area contributed by atoms with E-state index in [4.69, 9.17) is 11.6 Å². The number of halogens is 1. The highest BCUT2D eigenvalue weighted by Crippen LogP contribution is 2.31. The van der Waals surface area contributed by atoms with Crippen LogP contribution in [-0.4, -0.2) is 44.1 Å². The lowest BCUT2D eigenvalue weighted by atomic mass is 9.95. The number of aromatic nitrogens is 5. The monoisotopic (exact) mass is 503 g/mol. The Labute approximate surface area is 215 Å². The van der Waals surface area contributed by atoms with Gasteiger partial charge in [0.05, 0.1) is 17.6 Å². The fraction of sp³-hybridized carbons (Fsp3) is 0.370. The van der Waals surface area contributed by atoms with Gasteiger partial charge >= 0.3 is 0 Å². The summed E-state index contributed by atoms with van der Waals surface area (Å²) >= 11 is 6.68. The highest BCUT2D eigenvalue weighted by molar-refractivity contribution is 6.33. The second kappa shape index (κ2) is 10.7. The van der Waals surface area contributed by atoms with E-state index in [1.165, 1.54) is 12.8 Å². The summed E-state index contributed by atoms with van der Waals surface area (Å²) in [5, 5.41) is 8.02. The highest BCUT2D eigenvalue weighted by Gasteiger charge is 2.16. The molecule has 8 nitrogen and oxygen atoms in total. The van der Waals surface area contributed by atoms with Crippen molar-refractivity contribution in [1.29, 1.82) is 0 Å². The molecule has 1 aliphatic heterocycles. The number of pyridine rings is 1. The molecule has 4 heterocycles. The number of nitrogens with one attached hydrogen (secondary N) is 2. The van der Waals surface area contributed by atoms with Crippen molar-refractivity contribution in [2.24, 2.45) is 5.92 Å². The number of rotatable bonds is 7. The molecular weight excluding hydrogens is 474 g/mol. The minimum Gasteiger partial charge on any atom is -0.354 e. The van der Waals surface area contributed by atoms with Crippen molar-refractivity contribution in [2.75, 3.05) is 25.0 Å².